The molecule has 0 saturated heterocycles. The fourth-order valence-corrected chi connectivity index (χ4v) is 2.64. The molecule has 0 heterocycles. The summed E-state index contributed by atoms with van der Waals surface area (Å²) in [6, 6.07) is 5.48. The Hall–Kier alpha value is -0.470. The average Bonchev–Trinajstić information content (AvgIpc) is 2.27. The maximum Gasteiger partial charge on any atom is 0.294 e. The van der Waals surface area contributed by atoms with Crippen LogP contribution in [0.25, 0.3) is 0 Å². The third kappa shape index (κ3) is 3.75. The van der Waals surface area contributed by atoms with Gasteiger partial charge in [0.15, 0.2) is 0 Å². The molecule has 2 unspecified atom stereocenters. The van der Waals surface area contributed by atoms with Gasteiger partial charge in [-0.3, -0.25) is 4.55 Å². The standard InChI is InChI=1S/C10H13BrO5S/c11-6-5-8(12)10(13)7-3-1-2-4-9(7)17(14,15)16/h1-4,8,10,12-13H,5-6H2,(H,14,15,16). The Morgan fingerprint density at radius 2 is 1.82 bits per heavy atom. The highest BCUT2D eigenvalue weighted by Crippen LogP contribution is 2.26. The van der Waals surface area contributed by atoms with Crippen molar-refractivity contribution in [3.8, 4) is 0 Å². The van der Waals surface area contributed by atoms with Crippen molar-refractivity contribution in [2.75, 3.05) is 5.33 Å². The van der Waals surface area contributed by atoms with Gasteiger partial charge in [0.2, 0.25) is 0 Å². The first-order chi connectivity index (χ1) is 7.88. The van der Waals surface area contributed by atoms with E-state index in [0.29, 0.717) is 5.33 Å². The molecule has 1 aromatic rings. The van der Waals surface area contributed by atoms with Crippen molar-refractivity contribution >= 4 is 26.0 Å². The molecule has 7 heteroatoms. The van der Waals surface area contributed by atoms with Crippen LogP contribution in [-0.4, -0.2) is 34.6 Å². The molecule has 0 aliphatic heterocycles. The Labute approximate surface area is 108 Å². The van der Waals surface area contributed by atoms with E-state index < -0.39 is 22.3 Å². The third-order valence-electron chi connectivity index (χ3n) is 2.28. The first-order valence-electron chi connectivity index (χ1n) is 4.86. The highest BCUT2D eigenvalue weighted by molar-refractivity contribution is 9.09. The minimum atomic E-state index is -4.41. The van der Waals surface area contributed by atoms with Gasteiger partial charge in [0.25, 0.3) is 10.1 Å². The fourth-order valence-electron chi connectivity index (χ4n) is 1.44. The van der Waals surface area contributed by atoms with Crippen LogP contribution in [0.4, 0.5) is 0 Å². The lowest BCUT2D eigenvalue weighted by atomic mass is 10.0. The Bertz CT molecular complexity index is 473. The van der Waals surface area contributed by atoms with Crippen molar-refractivity contribution in [2.45, 2.75) is 23.5 Å². The number of halogens is 1. The van der Waals surface area contributed by atoms with Gasteiger partial charge in [-0.15, -0.1) is 0 Å². The van der Waals surface area contributed by atoms with Crippen molar-refractivity contribution in [3.05, 3.63) is 29.8 Å². The predicted octanol–water partition coefficient (Wildman–Crippen LogP) is 1.11. The molecule has 0 bridgehead atoms. The van der Waals surface area contributed by atoms with Crippen LogP contribution in [0.5, 0.6) is 0 Å². The van der Waals surface area contributed by atoms with Gasteiger partial charge in [0.05, 0.1) is 11.0 Å². The Balaban J connectivity index is 3.14. The lowest BCUT2D eigenvalue weighted by molar-refractivity contribution is 0.0156. The van der Waals surface area contributed by atoms with Crippen LogP contribution in [0.3, 0.4) is 0 Å². The molecule has 0 aromatic heterocycles. The van der Waals surface area contributed by atoms with E-state index >= 15 is 0 Å². The minimum absolute atomic E-state index is 0.0107. The molecule has 0 radical (unpaired) electrons. The van der Waals surface area contributed by atoms with Gasteiger partial charge in [0.1, 0.15) is 6.10 Å². The second-order valence-corrected chi connectivity index (χ2v) is 5.69. The Morgan fingerprint density at radius 3 is 2.35 bits per heavy atom. The van der Waals surface area contributed by atoms with Crippen LogP contribution in [0.1, 0.15) is 18.1 Å². The van der Waals surface area contributed by atoms with Crippen LogP contribution < -0.4 is 0 Å². The van der Waals surface area contributed by atoms with Gasteiger partial charge in [-0.25, -0.2) is 0 Å². The summed E-state index contributed by atoms with van der Waals surface area (Å²) in [5.74, 6) is 0. The summed E-state index contributed by atoms with van der Waals surface area (Å²) < 4.78 is 31.2. The monoisotopic (exact) mass is 324 g/mol. The number of aliphatic hydroxyl groups is 2. The average molecular weight is 325 g/mol. The second kappa shape index (κ2) is 5.92. The van der Waals surface area contributed by atoms with Crippen molar-refractivity contribution in [1.82, 2.24) is 0 Å². The normalized spacial score (nSPS) is 15.5. The summed E-state index contributed by atoms with van der Waals surface area (Å²) in [6.45, 7) is 0. The molecule has 96 valence electrons. The lowest BCUT2D eigenvalue weighted by Gasteiger charge is -2.19. The predicted molar refractivity (Wildman–Crippen MR) is 65.6 cm³/mol. The molecule has 0 spiro atoms. The van der Waals surface area contributed by atoms with Crippen LogP contribution in [0, 0.1) is 0 Å². The molecular formula is C10H13BrO5S. The maximum absolute atomic E-state index is 11.1. The fraction of sp³-hybridized carbons (Fsp3) is 0.400. The number of aliphatic hydroxyl groups excluding tert-OH is 2. The van der Waals surface area contributed by atoms with E-state index in [9.17, 15) is 18.6 Å². The van der Waals surface area contributed by atoms with Gasteiger partial charge in [-0.1, -0.05) is 34.1 Å². The number of benzene rings is 1. The Morgan fingerprint density at radius 1 is 1.24 bits per heavy atom. The third-order valence-corrected chi connectivity index (χ3v) is 3.67. The van der Waals surface area contributed by atoms with E-state index in [1.54, 1.807) is 0 Å². The highest BCUT2D eigenvalue weighted by atomic mass is 79.9. The van der Waals surface area contributed by atoms with Crippen LogP contribution in [-0.2, 0) is 10.1 Å². The molecule has 0 saturated carbocycles. The second-order valence-electron chi connectivity index (χ2n) is 3.50. The van der Waals surface area contributed by atoms with E-state index in [0.717, 1.165) is 0 Å². The van der Waals surface area contributed by atoms with Crippen LogP contribution in [0.2, 0.25) is 0 Å². The van der Waals surface area contributed by atoms with E-state index in [4.69, 9.17) is 4.55 Å². The van der Waals surface area contributed by atoms with Crippen molar-refractivity contribution in [2.24, 2.45) is 0 Å². The zero-order chi connectivity index (χ0) is 13.1. The Kier molecular flexibility index (Phi) is 5.08. The zero-order valence-electron chi connectivity index (χ0n) is 8.82. The molecule has 1 rings (SSSR count). The maximum atomic E-state index is 11.1. The van der Waals surface area contributed by atoms with Gasteiger partial charge in [-0.05, 0) is 12.5 Å². The van der Waals surface area contributed by atoms with Crippen molar-refractivity contribution in [1.29, 1.82) is 0 Å². The van der Waals surface area contributed by atoms with E-state index in [2.05, 4.69) is 15.9 Å². The molecule has 5 nitrogen and oxygen atoms in total. The van der Waals surface area contributed by atoms with Gasteiger partial charge >= 0.3 is 0 Å². The number of hydrogen-bond donors (Lipinski definition) is 3. The van der Waals surface area contributed by atoms with Crippen molar-refractivity contribution < 1.29 is 23.2 Å². The van der Waals surface area contributed by atoms with Crippen LogP contribution in [0.15, 0.2) is 29.2 Å². The number of hydrogen-bond acceptors (Lipinski definition) is 4. The molecular weight excluding hydrogens is 312 g/mol. The van der Waals surface area contributed by atoms with E-state index in [1.807, 2.05) is 0 Å². The molecule has 0 aliphatic rings. The summed E-state index contributed by atoms with van der Waals surface area (Å²) in [5, 5.41) is 19.9. The summed E-state index contributed by atoms with van der Waals surface area (Å²) in [4.78, 5) is -0.388. The first kappa shape index (κ1) is 14.6. The molecule has 17 heavy (non-hydrogen) atoms. The topological polar surface area (TPSA) is 94.8 Å². The first-order valence-corrected chi connectivity index (χ1v) is 7.42. The molecule has 2 atom stereocenters. The summed E-state index contributed by atoms with van der Waals surface area (Å²) in [5.41, 5.74) is -0.0107. The smallest absolute Gasteiger partial charge is 0.294 e. The van der Waals surface area contributed by atoms with Gasteiger partial charge in [-0.2, -0.15) is 8.42 Å². The molecule has 3 N–H and O–H groups in total. The SMILES string of the molecule is O=S(=O)(O)c1ccccc1C(O)C(O)CCBr. The number of alkyl halides is 1. The molecule has 0 fully saturated rings. The zero-order valence-corrected chi connectivity index (χ0v) is 11.2. The van der Waals surface area contributed by atoms with Crippen LogP contribution >= 0.6 is 15.9 Å². The van der Waals surface area contributed by atoms with E-state index in [1.165, 1.54) is 24.3 Å². The van der Waals surface area contributed by atoms with Crippen molar-refractivity contribution in [3.63, 3.8) is 0 Å². The highest BCUT2D eigenvalue weighted by Gasteiger charge is 2.24. The minimum Gasteiger partial charge on any atom is -0.390 e. The van der Waals surface area contributed by atoms with Gasteiger partial charge in [0, 0.05) is 10.9 Å². The lowest BCUT2D eigenvalue weighted by Crippen LogP contribution is -2.20. The summed E-state index contributed by atoms with van der Waals surface area (Å²) in [6.07, 6.45) is -2.19. The molecule has 1 aromatic carbocycles. The summed E-state index contributed by atoms with van der Waals surface area (Å²) in [7, 11) is -4.41. The largest absolute Gasteiger partial charge is 0.390 e. The van der Waals surface area contributed by atoms with E-state index in [-0.39, 0.29) is 16.9 Å². The quantitative estimate of drug-likeness (QED) is 0.557. The van der Waals surface area contributed by atoms with Gasteiger partial charge < -0.3 is 10.2 Å². The summed E-state index contributed by atoms with van der Waals surface area (Å²) >= 11 is 3.11. The molecule has 0 amide bonds. The molecule has 0 aliphatic carbocycles. The number of rotatable bonds is 5.